The van der Waals surface area contributed by atoms with Crippen molar-refractivity contribution < 1.29 is 9.21 Å². The summed E-state index contributed by atoms with van der Waals surface area (Å²) in [5.74, 6) is 2.42. The van der Waals surface area contributed by atoms with E-state index in [1.165, 1.54) is 0 Å². The zero-order valence-corrected chi connectivity index (χ0v) is 17.8. The van der Waals surface area contributed by atoms with Gasteiger partial charge in [-0.1, -0.05) is 32.9 Å². The van der Waals surface area contributed by atoms with Crippen LogP contribution in [0.25, 0.3) is 0 Å². The Morgan fingerprint density at radius 1 is 1.24 bits per heavy atom. The molecule has 1 aromatic heterocycles. The topological polar surface area (TPSA) is 82.8 Å². The molecule has 1 aliphatic rings. The van der Waals surface area contributed by atoms with Crippen LogP contribution in [0.4, 0.5) is 5.69 Å². The summed E-state index contributed by atoms with van der Waals surface area (Å²) in [5.41, 5.74) is 1.99. The van der Waals surface area contributed by atoms with Gasteiger partial charge < -0.3 is 20.0 Å². The Labute approximate surface area is 172 Å². The van der Waals surface area contributed by atoms with Crippen molar-refractivity contribution in [1.82, 2.24) is 15.6 Å². The van der Waals surface area contributed by atoms with Gasteiger partial charge in [0.15, 0.2) is 5.96 Å². The number of nitrogens with one attached hydrogen (secondary N) is 2. The normalized spacial score (nSPS) is 15.1. The fourth-order valence-corrected chi connectivity index (χ4v) is 3.11. The second-order valence-electron chi connectivity index (χ2n) is 8.23. The number of anilines is 1. The zero-order valence-electron chi connectivity index (χ0n) is 17.8. The third-order valence-corrected chi connectivity index (χ3v) is 4.79. The maximum absolute atomic E-state index is 11.9. The SMILES string of the molecule is CCNC(=NCc1ccc(N2CCCC2=O)cc1)NCc1ncc(C(C)(C)C)o1. The Hall–Kier alpha value is -2.83. The minimum absolute atomic E-state index is 0.0598. The van der Waals surface area contributed by atoms with Crippen LogP contribution in [0.2, 0.25) is 0 Å². The molecule has 0 unspecified atom stereocenters. The number of aliphatic imine (C=N–C) groups is 1. The van der Waals surface area contributed by atoms with Crippen LogP contribution >= 0.6 is 0 Å². The van der Waals surface area contributed by atoms with Gasteiger partial charge in [0.2, 0.25) is 11.8 Å². The molecule has 29 heavy (non-hydrogen) atoms. The van der Waals surface area contributed by atoms with Gasteiger partial charge in [0.05, 0.1) is 19.3 Å². The van der Waals surface area contributed by atoms with E-state index in [2.05, 4.69) is 41.4 Å². The van der Waals surface area contributed by atoms with E-state index in [4.69, 9.17) is 4.42 Å². The minimum atomic E-state index is -0.0598. The van der Waals surface area contributed by atoms with Gasteiger partial charge in [-0.25, -0.2) is 9.98 Å². The Morgan fingerprint density at radius 3 is 2.59 bits per heavy atom. The summed E-state index contributed by atoms with van der Waals surface area (Å²) in [6, 6.07) is 8.04. The molecule has 1 aliphatic heterocycles. The van der Waals surface area contributed by atoms with Crippen LogP contribution in [0.5, 0.6) is 0 Å². The van der Waals surface area contributed by atoms with Gasteiger partial charge >= 0.3 is 0 Å². The van der Waals surface area contributed by atoms with Crippen LogP contribution < -0.4 is 15.5 Å². The highest BCUT2D eigenvalue weighted by atomic mass is 16.4. The predicted molar refractivity (Wildman–Crippen MR) is 115 cm³/mol. The highest BCUT2D eigenvalue weighted by Gasteiger charge is 2.21. The van der Waals surface area contributed by atoms with E-state index in [0.29, 0.717) is 31.4 Å². The average molecular weight is 398 g/mol. The fraction of sp³-hybridized carbons (Fsp3) is 0.500. The molecule has 0 atom stereocenters. The molecule has 0 bridgehead atoms. The number of guanidine groups is 1. The Morgan fingerprint density at radius 2 is 2.00 bits per heavy atom. The molecule has 2 heterocycles. The molecule has 2 N–H and O–H groups in total. The monoisotopic (exact) mass is 397 g/mol. The molecule has 3 rings (SSSR count). The maximum atomic E-state index is 11.9. The number of aromatic nitrogens is 1. The first-order valence-electron chi connectivity index (χ1n) is 10.2. The molecule has 0 aliphatic carbocycles. The number of hydrogen-bond acceptors (Lipinski definition) is 4. The van der Waals surface area contributed by atoms with Gasteiger partial charge in [0, 0.05) is 30.6 Å². The first kappa shape index (κ1) is 20.9. The largest absolute Gasteiger partial charge is 0.443 e. The number of amides is 1. The van der Waals surface area contributed by atoms with Gasteiger partial charge in [0.25, 0.3) is 0 Å². The van der Waals surface area contributed by atoms with Crippen molar-refractivity contribution in [3.05, 3.63) is 47.7 Å². The summed E-state index contributed by atoms with van der Waals surface area (Å²) in [5, 5.41) is 6.50. The quantitative estimate of drug-likeness (QED) is 0.577. The number of carbonyl (C=O) groups excluding carboxylic acids is 1. The second kappa shape index (κ2) is 9.11. The van der Waals surface area contributed by atoms with E-state index in [-0.39, 0.29) is 11.3 Å². The van der Waals surface area contributed by atoms with Crippen LogP contribution in [0.15, 0.2) is 39.9 Å². The van der Waals surface area contributed by atoms with Gasteiger partial charge in [-0.15, -0.1) is 0 Å². The summed E-state index contributed by atoms with van der Waals surface area (Å²) in [4.78, 5) is 22.7. The summed E-state index contributed by atoms with van der Waals surface area (Å²) in [7, 11) is 0. The standard InChI is InChI=1S/C22H31N5O2/c1-5-23-21(26-15-19-24-14-18(29-19)22(2,3)4)25-13-16-8-10-17(11-9-16)27-12-6-7-20(27)28/h8-11,14H,5-7,12-13,15H2,1-4H3,(H2,23,25,26). The molecule has 7 nitrogen and oxygen atoms in total. The molecule has 1 saturated heterocycles. The summed E-state index contributed by atoms with van der Waals surface area (Å²) in [6.07, 6.45) is 3.36. The minimum Gasteiger partial charge on any atom is -0.443 e. The number of nitrogens with zero attached hydrogens (tertiary/aromatic N) is 3. The molecular weight excluding hydrogens is 366 g/mol. The van der Waals surface area contributed by atoms with Crippen LogP contribution in [0, 0.1) is 0 Å². The van der Waals surface area contributed by atoms with Crippen LogP contribution in [0.1, 0.15) is 57.8 Å². The van der Waals surface area contributed by atoms with E-state index in [1.807, 2.05) is 36.1 Å². The number of oxazole rings is 1. The zero-order chi connectivity index (χ0) is 20.9. The first-order valence-corrected chi connectivity index (χ1v) is 10.2. The lowest BCUT2D eigenvalue weighted by atomic mass is 9.94. The molecule has 0 spiro atoms. The lowest BCUT2D eigenvalue weighted by molar-refractivity contribution is -0.117. The summed E-state index contributed by atoms with van der Waals surface area (Å²) in [6.45, 7) is 10.9. The maximum Gasteiger partial charge on any atom is 0.227 e. The number of hydrogen-bond donors (Lipinski definition) is 2. The van der Waals surface area contributed by atoms with E-state index in [1.54, 1.807) is 6.20 Å². The van der Waals surface area contributed by atoms with E-state index < -0.39 is 0 Å². The van der Waals surface area contributed by atoms with Crippen LogP contribution in [-0.4, -0.2) is 29.9 Å². The molecular formula is C22H31N5O2. The highest BCUT2D eigenvalue weighted by Crippen LogP contribution is 2.23. The van der Waals surface area contributed by atoms with E-state index in [0.717, 1.165) is 36.5 Å². The average Bonchev–Trinajstić information content (AvgIpc) is 3.33. The van der Waals surface area contributed by atoms with Crippen molar-refractivity contribution in [3.8, 4) is 0 Å². The Kier molecular flexibility index (Phi) is 6.56. The number of rotatable bonds is 6. The predicted octanol–water partition coefficient (Wildman–Crippen LogP) is 3.35. The molecule has 1 aromatic carbocycles. The number of carbonyl (C=O) groups is 1. The summed E-state index contributed by atoms with van der Waals surface area (Å²) >= 11 is 0. The van der Waals surface area contributed by atoms with Crippen molar-refractivity contribution >= 4 is 17.6 Å². The van der Waals surface area contributed by atoms with Crippen molar-refractivity contribution in [1.29, 1.82) is 0 Å². The van der Waals surface area contributed by atoms with E-state index in [9.17, 15) is 4.79 Å². The fourth-order valence-electron chi connectivity index (χ4n) is 3.11. The summed E-state index contributed by atoms with van der Waals surface area (Å²) < 4.78 is 5.82. The van der Waals surface area contributed by atoms with Crippen molar-refractivity contribution in [3.63, 3.8) is 0 Å². The van der Waals surface area contributed by atoms with Gasteiger partial charge in [-0.3, -0.25) is 4.79 Å². The van der Waals surface area contributed by atoms with Gasteiger partial charge in [0.1, 0.15) is 5.76 Å². The molecule has 2 aromatic rings. The van der Waals surface area contributed by atoms with Crippen molar-refractivity contribution in [2.45, 2.75) is 59.0 Å². The molecule has 1 fully saturated rings. The Balaban J connectivity index is 1.58. The van der Waals surface area contributed by atoms with Gasteiger partial charge in [-0.2, -0.15) is 0 Å². The third-order valence-electron chi connectivity index (χ3n) is 4.79. The molecule has 156 valence electrons. The third kappa shape index (κ3) is 5.59. The number of benzene rings is 1. The lowest BCUT2D eigenvalue weighted by Crippen LogP contribution is -2.36. The second-order valence-corrected chi connectivity index (χ2v) is 8.23. The van der Waals surface area contributed by atoms with Crippen LogP contribution in [-0.2, 0) is 23.3 Å². The van der Waals surface area contributed by atoms with Crippen molar-refractivity contribution in [2.75, 3.05) is 18.0 Å². The molecule has 7 heteroatoms. The lowest BCUT2D eigenvalue weighted by Gasteiger charge is -2.15. The Bertz CT molecular complexity index is 849. The molecule has 0 radical (unpaired) electrons. The van der Waals surface area contributed by atoms with Crippen molar-refractivity contribution in [2.24, 2.45) is 4.99 Å². The van der Waals surface area contributed by atoms with E-state index >= 15 is 0 Å². The van der Waals surface area contributed by atoms with Gasteiger partial charge in [-0.05, 0) is 31.0 Å². The van der Waals surface area contributed by atoms with Crippen LogP contribution in [0.3, 0.4) is 0 Å². The smallest absolute Gasteiger partial charge is 0.227 e. The molecule has 0 saturated carbocycles. The first-order chi connectivity index (χ1) is 13.9. The molecule has 1 amide bonds. The highest BCUT2D eigenvalue weighted by molar-refractivity contribution is 5.95.